The maximum absolute atomic E-state index is 13.3. The lowest BCUT2D eigenvalue weighted by Crippen LogP contribution is -2.25. The SMILES string of the molecule is CCOC(=O)OCn1cc(-c2cccc(C(=O)Nc3nc(CCCC(=O)NC4CC4)cn3-c3ccccc3)c2)cn1. The number of rotatable bonds is 12. The molecule has 0 spiro atoms. The van der Waals surface area contributed by atoms with E-state index in [1.54, 1.807) is 37.5 Å². The molecule has 11 heteroatoms. The van der Waals surface area contributed by atoms with E-state index in [-0.39, 0.29) is 25.2 Å². The van der Waals surface area contributed by atoms with Gasteiger partial charge in [-0.25, -0.2) is 14.5 Å². The summed E-state index contributed by atoms with van der Waals surface area (Å²) in [6.07, 6.45) is 8.32. The quantitative estimate of drug-likeness (QED) is 0.242. The molecule has 2 amide bonds. The van der Waals surface area contributed by atoms with Crippen LogP contribution in [0.15, 0.2) is 73.2 Å². The number of nitrogens with zero attached hydrogens (tertiary/aromatic N) is 4. The zero-order valence-corrected chi connectivity index (χ0v) is 22.8. The first kappa shape index (κ1) is 27.6. The Morgan fingerprint density at radius 2 is 1.83 bits per heavy atom. The summed E-state index contributed by atoms with van der Waals surface area (Å²) >= 11 is 0. The van der Waals surface area contributed by atoms with Crippen molar-refractivity contribution in [1.82, 2.24) is 24.6 Å². The van der Waals surface area contributed by atoms with Crippen LogP contribution in [0.1, 0.15) is 48.7 Å². The topological polar surface area (TPSA) is 129 Å². The van der Waals surface area contributed by atoms with Crippen molar-refractivity contribution in [1.29, 1.82) is 0 Å². The lowest BCUT2D eigenvalue weighted by Gasteiger charge is -2.09. The molecule has 0 unspecified atom stereocenters. The zero-order valence-electron chi connectivity index (χ0n) is 22.8. The number of hydrogen-bond donors (Lipinski definition) is 2. The van der Waals surface area contributed by atoms with E-state index in [1.807, 2.05) is 47.2 Å². The van der Waals surface area contributed by atoms with E-state index in [0.717, 1.165) is 35.3 Å². The molecule has 2 heterocycles. The van der Waals surface area contributed by atoms with Crippen LogP contribution in [0.25, 0.3) is 16.8 Å². The number of nitrogens with one attached hydrogen (secondary N) is 2. The highest BCUT2D eigenvalue weighted by Crippen LogP contribution is 2.23. The van der Waals surface area contributed by atoms with Gasteiger partial charge in [0, 0.05) is 41.7 Å². The molecule has 0 bridgehead atoms. The number of carbonyl (C=O) groups is 3. The average molecular weight is 557 g/mol. The molecule has 0 aliphatic heterocycles. The van der Waals surface area contributed by atoms with Gasteiger partial charge in [-0.15, -0.1) is 0 Å². The highest BCUT2D eigenvalue weighted by molar-refractivity contribution is 6.04. The predicted molar refractivity (Wildman–Crippen MR) is 151 cm³/mol. The second-order valence-corrected chi connectivity index (χ2v) is 9.72. The van der Waals surface area contributed by atoms with Gasteiger partial charge in [-0.1, -0.05) is 30.3 Å². The molecule has 1 aliphatic rings. The molecular formula is C30H32N6O5. The first-order chi connectivity index (χ1) is 20.0. The van der Waals surface area contributed by atoms with Gasteiger partial charge in [-0.05, 0) is 62.4 Å². The minimum absolute atomic E-state index is 0.0699. The van der Waals surface area contributed by atoms with Crippen LogP contribution in [0.4, 0.5) is 10.7 Å². The molecule has 1 fully saturated rings. The second-order valence-electron chi connectivity index (χ2n) is 9.72. The molecule has 2 aromatic carbocycles. The van der Waals surface area contributed by atoms with Crippen molar-refractivity contribution in [2.75, 3.05) is 11.9 Å². The molecule has 4 aromatic rings. The van der Waals surface area contributed by atoms with Gasteiger partial charge in [0.1, 0.15) is 0 Å². The molecular weight excluding hydrogens is 524 g/mol. The number of aryl methyl sites for hydroxylation is 1. The van der Waals surface area contributed by atoms with Crippen LogP contribution in [-0.2, 0) is 27.4 Å². The Morgan fingerprint density at radius 1 is 1.00 bits per heavy atom. The smallest absolute Gasteiger partial charge is 0.435 e. The van der Waals surface area contributed by atoms with Crippen LogP contribution in [0.5, 0.6) is 0 Å². The highest BCUT2D eigenvalue weighted by atomic mass is 16.7. The predicted octanol–water partition coefficient (Wildman–Crippen LogP) is 4.72. The second kappa shape index (κ2) is 12.9. The molecule has 212 valence electrons. The number of benzene rings is 2. The van der Waals surface area contributed by atoms with Gasteiger partial charge in [-0.2, -0.15) is 5.10 Å². The summed E-state index contributed by atoms with van der Waals surface area (Å²) in [6, 6.07) is 17.1. The van der Waals surface area contributed by atoms with E-state index in [2.05, 4.69) is 20.7 Å². The summed E-state index contributed by atoms with van der Waals surface area (Å²) in [4.78, 5) is 41.5. The van der Waals surface area contributed by atoms with Crippen LogP contribution in [0.2, 0.25) is 0 Å². The molecule has 2 aromatic heterocycles. The summed E-state index contributed by atoms with van der Waals surface area (Å²) < 4.78 is 13.1. The first-order valence-electron chi connectivity index (χ1n) is 13.7. The molecule has 1 saturated carbocycles. The van der Waals surface area contributed by atoms with Crippen molar-refractivity contribution < 1.29 is 23.9 Å². The van der Waals surface area contributed by atoms with Crippen LogP contribution >= 0.6 is 0 Å². The number of imidazole rings is 1. The monoisotopic (exact) mass is 556 g/mol. The number of carbonyl (C=O) groups excluding carboxylic acids is 3. The van der Waals surface area contributed by atoms with Gasteiger partial charge >= 0.3 is 6.16 Å². The Labute approximate surface area is 237 Å². The van der Waals surface area contributed by atoms with Crippen LogP contribution in [-0.4, -0.2) is 50.0 Å². The molecule has 2 N–H and O–H groups in total. The third-order valence-electron chi connectivity index (χ3n) is 6.46. The van der Waals surface area contributed by atoms with E-state index in [0.29, 0.717) is 36.8 Å². The Bertz CT molecular complexity index is 1510. The maximum Gasteiger partial charge on any atom is 0.510 e. The van der Waals surface area contributed by atoms with Crippen LogP contribution < -0.4 is 10.6 Å². The number of ether oxygens (including phenoxy) is 2. The third-order valence-corrected chi connectivity index (χ3v) is 6.46. The lowest BCUT2D eigenvalue weighted by molar-refractivity contribution is -0.121. The molecule has 0 saturated heterocycles. The largest absolute Gasteiger partial charge is 0.510 e. The van der Waals surface area contributed by atoms with Crippen LogP contribution in [0.3, 0.4) is 0 Å². The molecule has 0 radical (unpaired) electrons. The summed E-state index contributed by atoms with van der Waals surface area (Å²) in [5.74, 6) is 0.150. The number of hydrogen-bond acceptors (Lipinski definition) is 7. The van der Waals surface area contributed by atoms with Gasteiger partial charge in [0.05, 0.1) is 18.5 Å². The van der Waals surface area contributed by atoms with Crippen molar-refractivity contribution >= 4 is 23.9 Å². The molecule has 1 aliphatic carbocycles. The molecule has 0 atom stereocenters. The van der Waals surface area contributed by atoms with Gasteiger partial charge in [-0.3, -0.25) is 19.5 Å². The lowest BCUT2D eigenvalue weighted by atomic mass is 10.1. The Balaban J connectivity index is 1.27. The van der Waals surface area contributed by atoms with Gasteiger partial charge in [0.2, 0.25) is 11.9 Å². The van der Waals surface area contributed by atoms with Gasteiger partial charge in [0.25, 0.3) is 5.91 Å². The van der Waals surface area contributed by atoms with Crippen LogP contribution in [0, 0.1) is 0 Å². The summed E-state index contributed by atoms with van der Waals surface area (Å²) in [5, 5.41) is 10.2. The average Bonchev–Trinajstić information content (AvgIpc) is 3.50. The van der Waals surface area contributed by atoms with E-state index < -0.39 is 6.16 Å². The number of amides is 2. The number of anilines is 1. The normalized spacial score (nSPS) is 12.5. The third kappa shape index (κ3) is 7.59. The summed E-state index contributed by atoms with van der Waals surface area (Å²) in [5.41, 5.74) is 3.62. The zero-order chi connectivity index (χ0) is 28.6. The van der Waals surface area contributed by atoms with E-state index in [9.17, 15) is 14.4 Å². The van der Waals surface area contributed by atoms with E-state index >= 15 is 0 Å². The fourth-order valence-corrected chi connectivity index (χ4v) is 4.26. The number of para-hydroxylation sites is 1. The highest BCUT2D eigenvalue weighted by Gasteiger charge is 2.23. The molecule has 5 rings (SSSR count). The van der Waals surface area contributed by atoms with Gasteiger partial charge in [0.15, 0.2) is 6.73 Å². The minimum atomic E-state index is -0.765. The summed E-state index contributed by atoms with van der Waals surface area (Å²) in [6.45, 7) is 1.84. The Kier molecular flexibility index (Phi) is 8.73. The molecule has 11 nitrogen and oxygen atoms in total. The Hall–Kier alpha value is -4.93. The molecule has 41 heavy (non-hydrogen) atoms. The standard InChI is InChI=1S/C30H32N6O5/c1-2-40-30(39)41-20-35-18-23(17-31-35)21-8-6-9-22(16-21)28(38)34-29-33-25(10-7-13-27(37)32-24-14-15-24)19-36(29)26-11-4-3-5-12-26/h3-6,8-9,11-12,16-19,24H,2,7,10,13-15,20H2,1H3,(H,32,37)(H,33,34,38). The van der Waals surface area contributed by atoms with Crippen molar-refractivity contribution in [3.05, 3.63) is 84.4 Å². The van der Waals surface area contributed by atoms with Crippen molar-refractivity contribution in [2.24, 2.45) is 0 Å². The van der Waals surface area contributed by atoms with Crippen molar-refractivity contribution in [3.63, 3.8) is 0 Å². The first-order valence-corrected chi connectivity index (χ1v) is 13.7. The van der Waals surface area contributed by atoms with Gasteiger partial charge < -0.3 is 14.8 Å². The van der Waals surface area contributed by atoms with E-state index in [1.165, 1.54) is 4.68 Å². The summed E-state index contributed by atoms with van der Waals surface area (Å²) in [7, 11) is 0. The minimum Gasteiger partial charge on any atom is -0.435 e. The van der Waals surface area contributed by atoms with E-state index in [4.69, 9.17) is 9.47 Å². The van der Waals surface area contributed by atoms with Crippen molar-refractivity contribution in [3.8, 4) is 16.8 Å². The Morgan fingerprint density at radius 3 is 2.61 bits per heavy atom. The maximum atomic E-state index is 13.3. The fourth-order valence-electron chi connectivity index (χ4n) is 4.26. The van der Waals surface area contributed by atoms with Crippen molar-refractivity contribution in [2.45, 2.75) is 51.8 Å². The number of aromatic nitrogens is 4. The fraction of sp³-hybridized carbons (Fsp3) is 0.300.